The molecule has 9 heteroatoms. The maximum absolute atomic E-state index is 12.5. The molecule has 0 saturated carbocycles. The molecule has 0 aliphatic carbocycles. The lowest BCUT2D eigenvalue weighted by atomic mass is 10.2. The highest BCUT2D eigenvalue weighted by atomic mass is 35.5. The minimum Gasteiger partial charge on any atom is -0.327 e. The summed E-state index contributed by atoms with van der Waals surface area (Å²) < 4.78 is 0. The van der Waals surface area contributed by atoms with Crippen molar-refractivity contribution in [1.82, 2.24) is 5.32 Å². The third kappa shape index (κ3) is 2.96. The first kappa shape index (κ1) is 15.6. The number of nitrogens with zero attached hydrogens (tertiary/aromatic N) is 2. The van der Waals surface area contributed by atoms with Gasteiger partial charge < -0.3 is 5.32 Å². The van der Waals surface area contributed by atoms with Crippen molar-refractivity contribution in [3.05, 3.63) is 62.1 Å². The van der Waals surface area contributed by atoms with Gasteiger partial charge in [0.25, 0.3) is 5.91 Å². The Morgan fingerprint density at radius 2 is 2.13 bits per heavy atom. The Bertz CT molecular complexity index is 862. The third-order valence-corrected chi connectivity index (χ3v) is 4.57. The highest BCUT2D eigenvalue weighted by molar-refractivity contribution is 7.80. The Balaban J connectivity index is 1.93. The average Bonchev–Trinajstić information content (AvgIpc) is 3.07. The average molecular weight is 366 g/mol. The second-order valence-electron chi connectivity index (χ2n) is 4.56. The number of thiophene rings is 1. The number of carbonyl (C=O) groups excluding carboxylic acids is 1. The maximum Gasteiger partial charge on any atom is 0.324 e. The van der Waals surface area contributed by atoms with Gasteiger partial charge in [0, 0.05) is 11.4 Å². The number of amides is 1. The smallest absolute Gasteiger partial charge is 0.324 e. The maximum atomic E-state index is 12.5. The van der Waals surface area contributed by atoms with E-state index < -0.39 is 4.92 Å². The minimum atomic E-state index is -0.475. The van der Waals surface area contributed by atoms with Crippen LogP contribution in [0.5, 0.6) is 0 Å². The molecule has 1 aliphatic rings. The first-order valence-corrected chi connectivity index (χ1v) is 7.98. The number of hydrogen-bond acceptors (Lipinski definition) is 5. The Morgan fingerprint density at radius 1 is 1.39 bits per heavy atom. The monoisotopic (exact) mass is 365 g/mol. The number of benzene rings is 1. The molecule has 6 nitrogen and oxygen atoms in total. The van der Waals surface area contributed by atoms with Gasteiger partial charge in [0.2, 0.25) is 0 Å². The van der Waals surface area contributed by atoms with Crippen LogP contribution in [0.3, 0.4) is 0 Å². The summed E-state index contributed by atoms with van der Waals surface area (Å²) in [5.74, 6) is -0.364. The van der Waals surface area contributed by atoms with E-state index in [4.69, 9.17) is 23.8 Å². The number of halogens is 1. The van der Waals surface area contributed by atoms with Gasteiger partial charge in [-0.3, -0.25) is 19.8 Å². The molecule has 0 unspecified atom stereocenters. The van der Waals surface area contributed by atoms with Crippen molar-refractivity contribution < 1.29 is 9.72 Å². The van der Waals surface area contributed by atoms with E-state index in [0.29, 0.717) is 16.3 Å². The Kier molecular flexibility index (Phi) is 4.12. The largest absolute Gasteiger partial charge is 0.327 e. The summed E-state index contributed by atoms with van der Waals surface area (Å²) >= 11 is 12.3. The summed E-state index contributed by atoms with van der Waals surface area (Å²) in [5, 5.41) is 15.7. The summed E-state index contributed by atoms with van der Waals surface area (Å²) in [7, 11) is 0. The number of thiocarbonyl (C=S) groups is 1. The fraction of sp³-hybridized carbons (Fsp3) is 0. The van der Waals surface area contributed by atoms with Crippen LogP contribution in [0.1, 0.15) is 5.56 Å². The van der Waals surface area contributed by atoms with Crippen molar-refractivity contribution in [1.29, 1.82) is 0 Å². The summed E-state index contributed by atoms with van der Waals surface area (Å²) in [4.78, 5) is 24.1. The number of carbonyl (C=O) groups is 1. The lowest BCUT2D eigenvalue weighted by Crippen LogP contribution is -2.30. The second kappa shape index (κ2) is 6.07. The molecule has 1 fully saturated rings. The molecule has 2 heterocycles. The van der Waals surface area contributed by atoms with E-state index in [0.717, 1.165) is 11.3 Å². The molecule has 1 N–H and O–H groups in total. The molecule has 23 heavy (non-hydrogen) atoms. The molecule has 1 aromatic carbocycles. The van der Waals surface area contributed by atoms with Crippen LogP contribution in [0.25, 0.3) is 6.08 Å². The zero-order valence-electron chi connectivity index (χ0n) is 11.4. The molecule has 2 aromatic rings. The molecule has 0 radical (unpaired) electrons. The molecule has 0 spiro atoms. The van der Waals surface area contributed by atoms with Crippen molar-refractivity contribution in [3.8, 4) is 0 Å². The molecule has 0 atom stereocenters. The van der Waals surface area contributed by atoms with Gasteiger partial charge in [0.1, 0.15) is 5.70 Å². The van der Waals surface area contributed by atoms with Gasteiger partial charge in [0.15, 0.2) is 5.11 Å². The van der Waals surface area contributed by atoms with Gasteiger partial charge in [0.05, 0.1) is 15.6 Å². The highest BCUT2D eigenvalue weighted by Gasteiger charge is 2.33. The second-order valence-corrected chi connectivity index (χ2v) is 6.24. The van der Waals surface area contributed by atoms with Crippen molar-refractivity contribution in [3.63, 3.8) is 0 Å². The van der Waals surface area contributed by atoms with Gasteiger partial charge in [-0.25, -0.2) is 0 Å². The number of para-hydroxylation sites is 1. The summed E-state index contributed by atoms with van der Waals surface area (Å²) in [6, 6.07) is 8.25. The van der Waals surface area contributed by atoms with Gasteiger partial charge in [-0.1, -0.05) is 35.1 Å². The zero-order valence-corrected chi connectivity index (χ0v) is 13.7. The van der Waals surface area contributed by atoms with Crippen LogP contribution in [-0.4, -0.2) is 15.9 Å². The first-order chi connectivity index (χ1) is 11.0. The van der Waals surface area contributed by atoms with Crippen LogP contribution in [0, 0.1) is 10.1 Å². The number of nitrogens with one attached hydrogen (secondary N) is 1. The number of nitro groups is 1. The molecule has 0 bridgehead atoms. The van der Waals surface area contributed by atoms with Crippen LogP contribution >= 0.6 is 35.2 Å². The van der Waals surface area contributed by atoms with E-state index in [1.165, 1.54) is 17.0 Å². The SMILES string of the molecule is O=C1/C(=C\c2csc([N+](=O)[O-])c2)NC(=S)N1c1ccccc1Cl. The van der Waals surface area contributed by atoms with Gasteiger partial charge in [-0.05, 0) is 36.0 Å². The number of anilines is 1. The van der Waals surface area contributed by atoms with Crippen LogP contribution < -0.4 is 10.2 Å². The molecule has 1 aromatic heterocycles. The van der Waals surface area contributed by atoms with Crippen molar-refractivity contribution >= 4 is 62.9 Å². The van der Waals surface area contributed by atoms with Crippen molar-refractivity contribution in [2.24, 2.45) is 0 Å². The standard InChI is InChI=1S/C14H8ClN3O3S2/c15-9-3-1-2-4-11(9)17-13(19)10(16-14(17)22)5-8-6-12(18(20)21)23-7-8/h1-7H,(H,16,22)/b10-5+. The number of rotatable bonds is 3. The van der Waals surface area contributed by atoms with Gasteiger partial charge >= 0.3 is 5.00 Å². The Morgan fingerprint density at radius 3 is 2.78 bits per heavy atom. The topological polar surface area (TPSA) is 75.5 Å². The predicted octanol–water partition coefficient (Wildman–Crippen LogP) is 3.57. The first-order valence-electron chi connectivity index (χ1n) is 6.32. The quantitative estimate of drug-likeness (QED) is 0.389. The van der Waals surface area contributed by atoms with E-state index >= 15 is 0 Å². The van der Waals surface area contributed by atoms with E-state index in [2.05, 4.69) is 5.32 Å². The van der Waals surface area contributed by atoms with E-state index in [1.807, 2.05) is 0 Å². The van der Waals surface area contributed by atoms with Gasteiger partial charge in [-0.2, -0.15) is 0 Å². The Labute approximate surface area is 145 Å². The zero-order chi connectivity index (χ0) is 16.6. The predicted molar refractivity (Wildman–Crippen MR) is 93.6 cm³/mol. The highest BCUT2D eigenvalue weighted by Crippen LogP contribution is 2.30. The van der Waals surface area contributed by atoms with Crippen LogP contribution in [0.2, 0.25) is 5.02 Å². The lowest BCUT2D eigenvalue weighted by Gasteiger charge is -2.15. The summed E-state index contributed by atoms with van der Waals surface area (Å²) in [6.07, 6.45) is 1.52. The molecule has 1 amide bonds. The summed E-state index contributed by atoms with van der Waals surface area (Å²) in [6.45, 7) is 0. The molecular weight excluding hydrogens is 358 g/mol. The fourth-order valence-electron chi connectivity index (χ4n) is 2.06. The minimum absolute atomic E-state index is 0.00725. The number of hydrogen-bond donors (Lipinski definition) is 1. The molecular formula is C14H8ClN3O3S2. The van der Waals surface area contributed by atoms with Gasteiger partial charge in [-0.15, -0.1) is 0 Å². The van der Waals surface area contributed by atoms with E-state index in [1.54, 1.807) is 29.6 Å². The third-order valence-electron chi connectivity index (χ3n) is 3.07. The molecule has 3 rings (SSSR count). The van der Waals surface area contributed by atoms with Crippen molar-refractivity contribution in [2.75, 3.05) is 4.90 Å². The van der Waals surface area contributed by atoms with Crippen LogP contribution in [0.15, 0.2) is 41.4 Å². The van der Waals surface area contributed by atoms with E-state index in [-0.39, 0.29) is 21.7 Å². The fourth-order valence-corrected chi connectivity index (χ4v) is 3.26. The van der Waals surface area contributed by atoms with Crippen molar-refractivity contribution in [2.45, 2.75) is 0 Å². The normalized spacial score (nSPS) is 16.0. The van der Waals surface area contributed by atoms with E-state index in [9.17, 15) is 14.9 Å². The molecule has 1 aliphatic heterocycles. The molecule has 116 valence electrons. The van der Waals surface area contributed by atoms with Crippen LogP contribution in [-0.2, 0) is 4.79 Å². The Hall–Kier alpha value is -2.29. The lowest BCUT2D eigenvalue weighted by molar-refractivity contribution is -0.380. The summed E-state index contributed by atoms with van der Waals surface area (Å²) in [5.41, 5.74) is 1.28. The molecule has 1 saturated heterocycles. The van der Waals surface area contributed by atoms with Crippen LogP contribution in [0.4, 0.5) is 10.7 Å².